The zero-order chi connectivity index (χ0) is 12.8. The molecular formula is C15H23NOS. The SMILES string of the molecule is CCCNCC1CCOC1c1ccc(SC)cc1. The minimum absolute atomic E-state index is 0.283. The number of ether oxygens (including phenoxy) is 1. The van der Waals surface area contributed by atoms with Gasteiger partial charge >= 0.3 is 0 Å². The lowest BCUT2D eigenvalue weighted by molar-refractivity contribution is 0.0905. The number of nitrogens with one attached hydrogen (secondary N) is 1. The zero-order valence-corrected chi connectivity index (χ0v) is 12.1. The average molecular weight is 265 g/mol. The Bertz CT molecular complexity index is 352. The maximum Gasteiger partial charge on any atom is 0.0866 e. The molecule has 1 aliphatic rings. The molecule has 0 bridgehead atoms. The van der Waals surface area contributed by atoms with Crippen LogP contribution in [0.5, 0.6) is 0 Å². The van der Waals surface area contributed by atoms with Crippen molar-refractivity contribution in [2.45, 2.75) is 30.8 Å². The summed E-state index contributed by atoms with van der Waals surface area (Å²) >= 11 is 1.78. The third-order valence-corrected chi connectivity index (χ3v) is 4.24. The Labute approximate surface area is 114 Å². The van der Waals surface area contributed by atoms with E-state index in [1.54, 1.807) is 11.8 Å². The molecule has 0 aliphatic carbocycles. The van der Waals surface area contributed by atoms with E-state index in [0.717, 1.165) is 19.7 Å². The third kappa shape index (κ3) is 3.50. The quantitative estimate of drug-likeness (QED) is 0.628. The van der Waals surface area contributed by atoms with Gasteiger partial charge in [0.2, 0.25) is 0 Å². The van der Waals surface area contributed by atoms with Gasteiger partial charge in [-0.1, -0.05) is 19.1 Å². The van der Waals surface area contributed by atoms with Gasteiger partial charge in [0.15, 0.2) is 0 Å². The molecule has 3 heteroatoms. The fourth-order valence-electron chi connectivity index (χ4n) is 2.47. The highest BCUT2D eigenvalue weighted by Crippen LogP contribution is 2.34. The summed E-state index contributed by atoms with van der Waals surface area (Å²) in [5.41, 5.74) is 1.33. The van der Waals surface area contributed by atoms with Crippen molar-refractivity contribution in [3.63, 3.8) is 0 Å². The zero-order valence-electron chi connectivity index (χ0n) is 11.3. The Kier molecular flexibility index (Phi) is 5.54. The number of benzene rings is 1. The van der Waals surface area contributed by atoms with E-state index in [-0.39, 0.29) is 6.10 Å². The first-order valence-corrected chi connectivity index (χ1v) is 8.04. The summed E-state index contributed by atoms with van der Waals surface area (Å²) < 4.78 is 5.91. The third-order valence-electron chi connectivity index (χ3n) is 3.49. The average Bonchev–Trinajstić information content (AvgIpc) is 2.88. The molecule has 1 aromatic rings. The van der Waals surface area contributed by atoms with Crippen LogP contribution in [0.25, 0.3) is 0 Å². The Morgan fingerprint density at radius 2 is 2.11 bits per heavy atom. The van der Waals surface area contributed by atoms with Gasteiger partial charge in [-0.05, 0) is 43.3 Å². The normalized spacial score (nSPS) is 23.4. The first-order valence-electron chi connectivity index (χ1n) is 6.81. The van der Waals surface area contributed by atoms with Crippen molar-refractivity contribution < 1.29 is 4.74 Å². The highest BCUT2D eigenvalue weighted by atomic mass is 32.2. The lowest BCUT2D eigenvalue weighted by Crippen LogP contribution is -2.25. The van der Waals surface area contributed by atoms with Crippen LogP contribution in [0.1, 0.15) is 31.4 Å². The van der Waals surface area contributed by atoms with E-state index in [1.807, 2.05) is 0 Å². The molecule has 0 radical (unpaired) electrons. The van der Waals surface area contributed by atoms with E-state index in [1.165, 1.54) is 23.3 Å². The predicted molar refractivity (Wildman–Crippen MR) is 78.2 cm³/mol. The lowest BCUT2D eigenvalue weighted by Gasteiger charge is -2.19. The Morgan fingerprint density at radius 1 is 1.33 bits per heavy atom. The van der Waals surface area contributed by atoms with Crippen molar-refractivity contribution >= 4 is 11.8 Å². The first kappa shape index (κ1) is 13.9. The minimum Gasteiger partial charge on any atom is -0.373 e. The smallest absolute Gasteiger partial charge is 0.0866 e. The number of rotatable bonds is 6. The van der Waals surface area contributed by atoms with Gasteiger partial charge in [-0.2, -0.15) is 0 Å². The molecule has 0 saturated carbocycles. The summed E-state index contributed by atoms with van der Waals surface area (Å²) in [6, 6.07) is 8.82. The van der Waals surface area contributed by atoms with Crippen LogP contribution in [0.15, 0.2) is 29.2 Å². The van der Waals surface area contributed by atoms with Crippen LogP contribution in [0.3, 0.4) is 0 Å². The molecule has 2 nitrogen and oxygen atoms in total. The van der Waals surface area contributed by atoms with E-state index in [4.69, 9.17) is 4.74 Å². The molecule has 0 amide bonds. The van der Waals surface area contributed by atoms with Crippen molar-refractivity contribution in [1.82, 2.24) is 5.32 Å². The van der Waals surface area contributed by atoms with Crippen LogP contribution in [-0.4, -0.2) is 26.0 Å². The first-order chi connectivity index (χ1) is 8.85. The molecule has 18 heavy (non-hydrogen) atoms. The van der Waals surface area contributed by atoms with E-state index < -0.39 is 0 Å². The van der Waals surface area contributed by atoms with E-state index in [2.05, 4.69) is 42.8 Å². The Morgan fingerprint density at radius 3 is 2.78 bits per heavy atom. The molecule has 2 atom stereocenters. The monoisotopic (exact) mass is 265 g/mol. The summed E-state index contributed by atoms with van der Waals surface area (Å²) in [5.74, 6) is 0.622. The molecule has 1 saturated heterocycles. The van der Waals surface area contributed by atoms with Gasteiger partial charge in [-0.3, -0.25) is 0 Å². The van der Waals surface area contributed by atoms with Gasteiger partial charge in [-0.25, -0.2) is 0 Å². The Balaban J connectivity index is 1.96. The molecule has 1 aliphatic heterocycles. The fraction of sp³-hybridized carbons (Fsp3) is 0.600. The van der Waals surface area contributed by atoms with Crippen molar-refractivity contribution in [1.29, 1.82) is 0 Å². The van der Waals surface area contributed by atoms with Crippen LogP contribution in [0, 0.1) is 5.92 Å². The van der Waals surface area contributed by atoms with E-state index in [0.29, 0.717) is 5.92 Å². The summed E-state index contributed by atoms with van der Waals surface area (Å²) in [7, 11) is 0. The van der Waals surface area contributed by atoms with E-state index in [9.17, 15) is 0 Å². The van der Waals surface area contributed by atoms with E-state index >= 15 is 0 Å². The molecule has 1 N–H and O–H groups in total. The molecule has 1 fully saturated rings. The van der Waals surface area contributed by atoms with Gasteiger partial charge in [-0.15, -0.1) is 11.8 Å². The molecule has 1 heterocycles. The predicted octanol–water partition coefficient (Wildman–Crippen LogP) is 3.49. The molecular weight excluding hydrogens is 242 g/mol. The van der Waals surface area contributed by atoms with Crippen LogP contribution in [-0.2, 0) is 4.74 Å². The maximum atomic E-state index is 5.91. The summed E-state index contributed by atoms with van der Waals surface area (Å²) in [5, 5.41) is 3.52. The summed E-state index contributed by atoms with van der Waals surface area (Å²) in [6.07, 6.45) is 4.76. The number of thioether (sulfide) groups is 1. The van der Waals surface area contributed by atoms with Crippen molar-refractivity contribution in [2.24, 2.45) is 5.92 Å². The number of hydrogen-bond acceptors (Lipinski definition) is 3. The largest absolute Gasteiger partial charge is 0.373 e. The molecule has 0 spiro atoms. The van der Waals surface area contributed by atoms with Crippen molar-refractivity contribution in [3.8, 4) is 0 Å². The molecule has 0 aromatic heterocycles. The van der Waals surface area contributed by atoms with Gasteiger partial charge in [0.25, 0.3) is 0 Å². The van der Waals surface area contributed by atoms with Crippen molar-refractivity contribution in [2.75, 3.05) is 26.0 Å². The van der Waals surface area contributed by atoms with Gasteiger partial charge < -0.3 is 10.1 Å². The van der Waals surface area contributed by atoms with Crippen molar-refractivity contribution in [3.05, 3.63) is 29.8 Å². The summed E-state index contributed by atoms with van der Waals surface area (Å²) in [6.45, 7) is 5.28. The standard InChI is InChI=1S/C15H23NOS/c1-3-9-16-11-13-8-10-17-15(13)12-4-6-14(18-2)7-5-12/h4-7,13,15-16H,3,8-11H2,1-2H3. The maximum absolute atomic E-state index is 5.91. The van der Waals surface area contributed by atoms with Crippen LogP contribution < -0.4 is 5.32 Å². The van der Waals surface area contributed by atoms with Crippen LogP contribution >= 0.6 is 11.8 Å². The topological polar surface area (TPSA) is 21.3 Å². The lowest BCUT2D eigenvalue weighted by atomic mass is 9.95. The highest BCUT2D eigenvalue weighted by Gasteiger charge is 2.28. The molecule has 1 aromatic carbocycles. The van der Waals surface area contributed by atoms with Gasteiger partial charge in [0, 0.05) is 24.0 Å². The molecule has 100 valence electrons. The summed E-state index contributed by atoms with van der Waals surface area (Å²) in [4.78, 5) is 1.32. The number of hydrogen-bond donors (Lipinski definition) is 1. The van der Waals surface area contributed by atoms with Crippen LogP contribution in [0.4, 0.5) is 0 Å². The Hall–Kier alpha value is -0.510. The highest BCUT2D eigenvalue weighted by molar-refractivity contribution is 7.98. The van der Waals surface area contributed by atoms with Crippen LogP contribution in [0.2, 0.25) is 0 Å². The second-order valence-corrected chi connectivity index (χ2v) is 5.70. The molecule has 2 rings (SSSR count). The van der Waals surface area contributed by atoms with Gasteiger partial charge in [0.05, 0.1) is 6.10 Å². The molecule has 2 unspecified atom stereocenters. The van der Waals surface area contributed by atoms with Gasteiger partial charge in [0.1, 0.15) is 0 Å². The second kappa shape index (κ2) is 7.17. The fourth-order valence-corrected chi connectivity index (χ4v) is 2.88. The second-order valence-electron chi connectivity index (χ2n) is 4.82. The minimum atomic E-state index is 0.283.